The number of amides is 2. The predicted molar refractivity (Wildman–Crippen MR) is 58.2 cm³/mol. The Labute approximate surface area is 88.6 Å². The molecule has 15 heavy (non-hydrogen) atoms. The first-order chi connectivity index (χ1) is 7.29. The number of anilines is 1. The van der Waals surface area contributed by atoms with E-state index < -0.39 is 0 Å². The molecule has 1 aromatic rings. The summed E-state index contributed by atoms with van der Waals surface area (Å²) in [5.41, 5.74) is 0.693. The summed E-state index contributed by atoms with van der Waals surface area (Å²) in [7, 11) is 1.58. The van der Waals surface area contributed by atoms with Crippen molar-refractivity contribution in [3.63, 3.8) is 0 Å². The molecular weight excluding hydrogens is 192 g/mol. The Hall–Kier alpha value is -1.71. The van der Waals surface area contributed by atoms with E-state index in [0.717, 1.165) is 12.8 Å². The first-order valence-corrected chi connectivity index (χ1v) is 5.00. The lowest BCUT2D eigenvalue weighted by Gasteiger charge is -2.10. The van der Waals surface area contributed by atoms with Gasteiger partial charge < -0.3 is 15.4 Å². The van der Waals surface area contributed by atoms with Crippen molar-refractivity contribution < 1.29 is 9.53 Å². The molecule has 0 bridgehead atoms. The second-order valence-electron chi connectivity index (χ2n) is 3.57. The molecule has 0 aliphatic heterocycles. The van der Waals surface area contributed by atoms with E-state index in [9.17, 15) is 4.79 Å². The Morgan fingerprint density at radius 1 is 1.40 bits per heavy atom. The molecule has 0 unspecified atom stereocenters. The van der Waals surface area contributed by atoms with E-state index in [-0.39, 0.29) is 6.03 Å². The molecule has 1 aliphatic carbocycles. The van der Waals surface area contributed by atoms with Gasteiger partial charge in [-0.15, -0.1) is 0 Å². The summed E-state index contributed by atoms with van der Waals surface area (Å²) in [6, 6.07) is 7.54. The van der Waals surface area contributed by atoms with Crippen molar-refractivity contribution in [2.75, 3.05) is 12.4 Å². The maximum atomic E-state index is 11.5. The van der Waals surface area contributed by atoms with Crippen molar-refractivity contribution in [1.29, 1.82) is 0 Å². The van der Waals surface area contributed by atoms with Crippen LogP contribution in [0.5, 0.6) is 5.75 Å². The minimum atomic E-state index is -0.165. The fourth-order valence-corrected chi connectivity index (χ4v) is 1.32. The molecule has 4 nitrogen and oxygen atoms in total. The third kappa shape index (κ3) is 2.62. The molecule has 0 aromatic heterocycles. The third-order valence-corrected chi connectivity index (χ3v) is 2.27. The van der Waals surface area contributed by atoms with E-state index in [1.54, 1.807) is 7.11 Å². The van der Waals surface area contributed by atoms with Gasteiger partial charge in [-0.3, -0.25) is 0 Å². The van der Waals surface area contributed by atoms with Gasteiger partial charge in [-0.05, 0) is 25.0 Å². The second-order valence-corrected chi connectivity index (χ2v) is 3.57. The Balaban J connectivity index is 1.98. The summed E-state index contributed by atoms with van der Waals surface area (Å²) >= 11 is 0. The molecule has 2 amide bonds. The highest BCUT2D eigenvalue weighted by Crippen LogP contribution is 2.23. The van der Waals surface area contributed by atoms with E-state index in [4.69, 9.17) is 4.74 Å². The number of benzene rings is 1. The number of para-hydroxylation sites is 2. The number of carbonyl (C=O) groups is 1. The van der Waals surface area contributed by atoms with Crippen LogP contribution >= 0.6 is 0 Å². The topological polar surface area (TPSA) is 50.4 Å². The Kier molecular flexibility index (Phi) is 2.76. The lowest BCUT2D eigenvalue weighted by atomic mass is 10.3. The number of urea groups is 1. The first-order valence-electron chi connectivity index (χ1n) is 5.00. The Morgan fingerprint density at radius 2 is 2.13 bits per heavy atom. The first kappa shape index (κ1) is 9.83. The van der Waals surface area contributed by atoms with Gasteiger partial charge in [0.2, 0.25) is 0 Å². The highest BCUT2D eigenvalue weighted by molar-refractivity contribution is 5.91. The molecule has 0 saturated heterocycles. The van der Waals surface area contributed by atoms with Crippen LogP contribution in [0.25, 0.3) is 0 Å². The van der Waals surface area contributed by atoms with Crippen LogP contribution in [0.4, 0.5) is 10.5 Å². The van der Waals surface area contributed by atoms with Crippen LogP contribution in [0, 0.1) is 0 Å². The van der Waals surface area contributed by atoms with Crippen LogP contribution in [0.3, 0.4) is 0 Å². The number of ether oxygens (including phenoxy) is 1. The number of methoxy groups -OCH3 is 1. The molecular formula is C11H14N2O2. The fourth-order valence-electron chi connectivity index (χ4n) is 1.32. The highest BCUT2D eigenvalue weighted by atomic mass is 16.5. The van der Waals surface area contributed by atoms with E-state index in [1.165, 1.54) is 0 Å². The molecule has 2 rings (SSSR count). The van der Waals surface area contributed by atoms with E-state index in [1.807, 2.05) is 24.3 Å². The molecule has 2 N–H and O–H groups in total. The van der Waals surface area contributed by atoms with Crippen molar-refractivity contribution in [3.05, 3.63) is 24.3 Å². The Bertz CT molecular complexity index is 361. The van der Waals surface area contributed by atoms with E-state index in [2.05, 4.69) is 10.6 Å². The monoisotopic (exact) mass is 206 g/mol. The molecule has 4 heteroatoms. The quantitative estimate of drug-likeness (QED) is 0.794. The van der Waals surface area contributed by atoms with Crippen LogP contribution in [0.15, 0.2) is 24.3 Å². The van der Waals surface area contributed by atoms with Crippen LogP contribution < -0.4 is 15.4 Å². The second kappa shape index (κ2) is 4.21. The summed E-state index contributed by atoms with van der Waals surface area (Å²) in [6.07, 6.45) is 2.17. The van der Waals surface area contributed by atoms with E-state index >= 15 is 0 Å². The van der Waals surface area contributed by atoms with Gasteiger partial charge in [0, 0.05) is 6.04 Å². The fraction of sp³-hybridized carbons (Fsp3) is 0.364. The van der Waals surface area contributed by atoms with E-state index in [0.29, 0.717) is 17.5 Å². The van der Waals surface area contributed by atoms with Gasteiger partial charge in [-0.25, -0.2) is 4.79 Å². The van der Waals surface area contributed by atoms with Gasteiger partial charge in [0.15, 0.2) is 0 Å². The molecule has 1 saturated carbocycles. The summed E-state index contributed by atoms with van der Waals surface area (Å²) in [4.78, 5) is 11.5. The van der Waals surface area contributed by atoms with Gasteiger partial charge in [0.05, 0.1) is 12.8 Å². The minimum Gasteiger partial charge on any atom is -0.495 e. The predicted octanol–water partition coefficient (Wildman–Crippen LogP) is 1.98. The molecule has 1 aliphatic rings. The maximum absolute atomic E-state index is 11.5. The molecule has 1 fully saturated rings. The SMILES string of the molecule is COc1ccccc1NC(=O)NC1CC1. The summed E-state index contributed by atoms with van der Waals surface area (Å²) in [6.45, 7) is 0. The molecule has 0 spiro atoms. The average molecular weight is 206 g/mol. The summed E-state index contributed by atoms with van der Waals surface area (Å²) < 4.78 is 5.12. The molecule has 0 radical (unpaired) electrons. The molecule has 0 heterocycles. The standard InChI is InChI=1S/C11H14N2O2/c1-15-10-5-3-2-4-9(10)13-11(14)12-8-6-7-8/h2-5,8H,6-7H2,1H3,(H2,12,13,14). The van der Waals surface area contributed by atoms with Crippen molar-refractivity contribution in [1.82, 2.24) is 5.32 Å². The van der Waals surface area contributed by atoms with Gasteiger partial charge in [-0.1, -0.05) is 12.1 Å². The minimum absolute atomic E-state index is 0.165. The average Bonchev–Trinajstić information content (AvgIpc) is 3.02. The lowest BCUT2D eigenvalue weighted by molar-refractivity contribution is 0.251. The van der Waals surface area contributed by atoms with Crippen LogP contribution in [-0.2, 0) is 0 Å². The number of carbonyl (C=O) groups excluding carboxylic acids is 1. The summed E-state index contributed by atoms with van der Waals surface area (Å²) in [5.74, 6) is 0.670. The van der Waals surface area contributed by atoms with Crippen molar-refractivity contribution in [2.45, 2.75) is 18.9 Å². The zero-order chi connectivity index (χ0) is 10.7. The number of nitrogens with one attached hydrogen (secondary N) is 2. The number of hydrogen-bond acceptors (Lipinski definition) is 2. The molecule has 0 atom stereocenters. The smallest absolute Gasteiger partial charge is 0.319 e. The third-order valence-electron chi connectivity index (χ3n) is 2.27. The van der Waals surface area contributed by atoms with Gasteiger partial charge in [0.1, 0.15) is 5.75 Å². The van der Waals surface area contributed by atoms with Gasteiger partial charge in [-0.2, -0.15) is 0 Å². The molecule has 80 valence electrons. The number of rotatable bonds is 3. The Morgan fingerprint density at radius 3 is 2.80 bits per heavy atom. The van der Waals surface area contributed by atoms with Crippen LogP contribution in [0.2, 0.25) is 0 Å². The highest BCUT2D eigenvalue weighted by Gasteiger charge is 2.23. The normalized spacial score (nSPS) is 14.5. The zero-order valence-electron chi connectivity index (χ0n) is 8.62. The molecule has 1 aromatic carbocycles. The number of hydrogen-bond donors (Lipinski definition) is 2. The largest absolute Gasteiger partial charge is 0.495 e. The zero-order valence-corrected chi connectivity index (χ0v) is 8.62. The lowest BCUT2D eigenvalue weighted by Crippen LogP contribution is -2.30. The van der Waals surface area contributed by atoms with Crippen LogP contribution in [0.1, 0.15) is 12.8 Å². The maximum Gasteiger partial charge on any atom is 0.319 e. The van der Waals surface area contributed by atoms with Gasteiger partial charge in [0.25, 0.3) is 0 Å². The summed E-state index contributed by atoms with van der Waals surface area (Å²) in [5, 5.41) is 5.61. The van der Waals surface area contributed by atoms with Crippen molar-refractivity contribution in [3.8, 4) is 5.75 Å². The van der Waals surface area contributed by atoms with Crippen molar-refractivity contribution in [2.24, 2.45) is 0 Å². The van der Waals surface area contributed by atoms with Gasteiger partial charge >= 0.3 is 6.03 Å². The van der Waals surface area contributed by atoms with Crippen molar-refractivity contribution >= 4 is 11.7 Å². The van der Waals surface area contributed by atoms with Crippen LogP contribution in [-0.4, -0.2) is 19.2 Å².